The van der Waals surface area contributed by atoms with E-state index in [1.807, 2.05) is 11.8 Å². The molecule has 1 saturated carbocycles. The third-order valence-corrected chi connectivity index (χ3v) is 3.78. The van der Waals surface area contributed by atoms with Gasteiger partial charge in [0.15, 0.2) is 0 Å². The predicted molar refractivity (Wildman–Crippen MR) is 59.3 cm³/mol. The van der Waals surface area contributed by atoms with Gasteiger partial charge in [0.1, 0.15) is 4.87 Å². The molecule has 1 aliphatic carbocycles. The molecule has 0 aromatic carbocycles. The van der Waals surface area contributed by atoms with Gasteiger partial charge in [-0.05, 0) is 40.0 Å². The van der Waals surface area contributed by atoms with Gasteiger partial charge in [-0.15, -0.1) is 11.8 Å². The van der Waals surface area contributed by atoms with Crippen molar-refractivity contribution < 1.29 is 0 Å². The number of rotatable bonds is 5. The first kappa shape index (κ1) is 11.0. The van der Waals surface area contributed by atoms with Crippen LogP contribution in [-0.2, 0) is 0 Å². The van der Waals surface area contributed by atoms with Crippen molar-refractivity contribution in [1.29, 1.82) is 0 Å². The number of thioether (sulfide) groups is 1. The van der Waals surface area contributed by atoms with Crippen LogP contribution in [0.2, 0.25) is 0 Å². The van der Waals surface area contributed by atoms with Crippen molar-refractivity contribution in [3.8, 4) is 0 Å². The summed E-state index contributed by atoms with van der Waals surface area (Å²) in [4.78, 5) is 0.0332. The third-order valence-electron chi connectivity index (χ3n) is 2.10. The maximum atomic E-state index is 4.44. The van der Waals surface area contributed by atoms with Crippen LogP contribution < -0.4 is 0 Å². The summed E-state index contributed by atoms with van der Waals surface area (Å²) in [6.07, 6.45) is 3.82. The highest BCUT2D eigenvalue weighted by Gasteiger charge is 2.32. The lowest BCUT2D eigenvalue weighted by Gasteiger charge is -2.21. The zero-order chi connectivity index (χ0) is 9.90. The van der Waals surface area contributed by atoms with E-state index in [0.717, 1.165) is 11.7 Å². The van der Waals surface area contributed by atoms with E-state index in [2.05, 4.69) is 37.9 Å². The summed E-state index contributed by atoms with van der Waals surface area (Å²) in [7, 11) is 0. The SMILES string of the molecule is CCC(C)(/N=N/C(C)C)SC1CC1. The molecule has 1 fully saturated rings. The molecule has 0 amide bonds. The maximum Gasteiger partial charge on any atom is 0.124 e. The molecular weight excluding hydrogens is 180 g/mol. The Kier molecular flexibility index (Phi) is 3.77. The molecule has 0 N–H and O–H groups in total. The molecule has 0 radical (unpaired) electrons. The van der Waals surface area contributed by atoms with E-state index in [4.69, 9.17) is 0 Å². The Bertz CT molecular complexity index is 187. The molecule has 0 heterocycles. The smallest absolute Gasteiger partial charge is 0.124 e. The minimum atomic E-state index is 0.0332. The molecule has 1 atom stereocenters. The van der Waals surface area contributed by atoms with Crippen LogP contribution in [0.5, 0.6) is 0 Å². The largest absolute Gasteiger partial charge is 0.190 e. The van der Waals surface area contributed by atoms with Crippen LogP contribution in [-0.4, -0.2) is 16.2 Å². The summed E-state index contributed by atoms with van der Waals surface area (Å²) in [5.74, 6) is 0. The van der Waals surface area contributed by atoms with Gasteiger partial charge in [0.25, 0.3) is 0 Å². The summed E-state index contributed by atoms with van der Waals surface area (Å²) in [6, 6.07) is 0.325. The lowest BCUT2D eigenvalue weighted by molar-refractivity contribution is 0.582. The summed E-state index contributed by atoms with van der Waals surface area (Å²) < 4.78 is 0. The lowest BCUT2D eigenvalue weighted by atomic mass is 10.3. The van der Waals surface area contributed by atoms with Gasteiger partial charge in [-0.2, -0.15) is 10.2 Å². The highest BCUT2D eigenvalue weighted by Crippen LogP contribution is 2.44. The van der Waals surface area contributed by atoms with E-state index in [1.54, 1.807) is 0 Å². The van der Waals surface area contributed by atoms with E-state index in [9.17, 15) is 0 Å². The van der Waals surface area contributed by atoms with Gasteiger partial charge in [0, 0.05) is 5.25 Å². The molecule has 3 heteroatoms. The van der Waals surface area contributed by atoms with E-state index in [1.165, 1.54) is 12.8 Å². The summed E-state index contributed by atoms with van der Waals surface area (Å²) in [5, 5.41) is 9.55. The van der Waals surface area contributed by atoms with E-state index in [0.29, 0.717) is 6.04 Å². The minimum Gasteiger partial charge on any atom is -0.190 e. The van der Waals surface area contributed by atoms with Gasteiger partial charge >= 0.3 is 0 Å². The molecule has 1 rings (SSSR count). The van der Waals surface area contributed by atoms with Crippen LogP contribution in [0.1, 0.15) is 47.0 Å². The van der Waals surface area contributed by atoms with Crippen LogP contribution in [0.3, 0.4) is 0 Å². The van der Waals surface area contributed by atoms with Gasteiger partial charge in [0.05, 0.1) is 6.04 Å². The minimum absolute atomic E-state index is 0.0332. The highest BCUT2D eigenvalue weighted by molar-refractivity contribution is 8.01. The first-order valence-electron chi connectivity index (χ1n) is 5.15. The molecule has 0 spiro atoms. The van der Waals surface area contributed by atoms with E-state index >= 15 is 0 Å². The lowest BCUT2D eigenvalue weighted by Crippen LogP contribution is -2.16. The molecule has 1 unspecified atom stereocenters. The van der Waals surface area contributed by atoms with Crippen molar-refractivity contribution >= 4 is 11.8 Å². The fourth-order valence-electron chi connectivity index (χ4n) is 0.960. The zero-order valence-electron chi connectivity index (χ0n) is 9.08. The normalized spacial score (nSPS) is 22.5. The van der Waals surface area contributed by atoms with Crippen molar-refractivity contribution in [3.05, 3.63) is 0 Å². The van der Waals surface area contributed by atoms with E-state index in [-0.39, 0.29) is 4.87 Å². The first-order valence-corrected chi connectivity index (χ1v) is 6.03. The molecule has 0 aromatic heterocycles. The number of hydrogen-bond acceptors (Lipinski definition) is 3. The maximum absolute atomic E-state index is 4.44. The number of nitrogens with zero attached hydrogens (tertiary/aromatic N) is 2. The van der Waals surface area contributed by atoms with Crippen LogP contribution >= 0.6 is 11.8 Å². The van der Waals surface area contributed by atoms with Crippen molar-refractivity contribution in [3.63, 3.8) is 0 Å². The van der Waals surface area contributed by atoms with Crippen molar-refractivity contribution in [1.82, 2.24) is 0 Å². The summed E-state index contributed by atoms with van der Waals surface area (Å²) >= 11 is 1.99. The van der Waals surface area contributed by atoms with Crippen molar-refractivity contribution in [2.24, 2.45) is 10.2 Å². The molecule has 0 aliphatic heterocycles. The molecule has 0 bridgehead atoms. The average molecular weight is 200 g/mol. The topological polar surface area (TPSA) is 24.7 Å². The standard InChI is InChI=1S/C10H20N2S/c1-5-10(4,12-11-8(2)3)13-9-6-7-9/h8-9H,5-7H2,1-4H3/b12-11+. The van der Waals surface area contributed by atoms with Crippen molar-refractivity contribution in [2.45, 2.75) is 63.1 Å². The Morgan fingerprint density at radius 3 is 2.46 bits per heavy atom. The molecule has 76 valence electrons. The van der Waals surface area contributed by atoms with Crippen molar-refractivity contribution in [2.75, 3.05) is 0 Å². The number of azo groups is 1. The van der Waals surface area contributed by atoms with Crippen LogP contribution in [0.4, 0.5) is 0 Å². The predicted octanol–water partition coefficient (Wildman–Crippen LogP) is 3.87. The molecule has 0 saturated heterocycles. The van der Waals surface area contributed by atoms with Gasteiger partial charge in [-0.25, -0.2) is 0 Å². The zero-order valence-corrected chi connectivity index (χ0v) is 9.90. The first-order chi connectivity index (χ1) is 6.06. The summed E-state index contributed by atoms with van der Waals surface area (Å²) in [6.45, 7) is 8.53. The Morgan fingerprint density at radius 1 is 1.46 bits per heavy atom. The van der Waals surface area contributed by atoms with Crippen LogP contribution in [0, 0.1) is 0 Å². The monoisotopic (exact) mass is 200 g/mol. The second-order valence-corrected chi connectivity index (χ2v) is 5.94. The van der Waals surface area contributed by atoms with Crippen LogP contribution in [0.25, 0.3) is 0 Å². The van der Waals surface area contributed by atoms with Crippen LogP contribution in [0.15, 0.2) is 10.2 Å². The molecule has 2 nitrogen and oxygen atoms in total. The fourth-order valence-corrected chi connectivity index (χ4v) is 2.31. The Balaban J connectivity index is 2.45. The van der Waals surface area contributed by atoms with E-state index < -0.39 is 0 Å². The molecular formula is C10H20N2S. The molecule has 0 aromatic rings. The number of hydrogen-bond donors (Lipinski definition) is 0. The second kappa shape index (κ2) is 4.45. The average Bonchev–Trinajstić information content (AvgIpc) is 2.85. The second-order valence-electron chi connectivity index (χ2n) is 4.16. The Morgan fingerprint density at radius 2 is 2.08 bits per heavy atom. The fraction of sp³-hybridized carbons (Fsp3) is 1.00. The quantitative estimate of drug-likeness (QED) is 0.618. The summed E-state index contributed by atoms with van der Waals surface area (Å²) in [5.41, 5.74) is 0. The van der Waals surface area contributed by atoms with Gasteiger partial charge < -0.3 is 0 Å². The Labute approximate surface area is 85.6 Å². The molecule has 13 heavy (non-hydrogen) atoms. The van der Waals surface area contributed by atoms with Gasteiger partial charge in [-0.3, -0.25) is 0 Å². The van der Waals surface area contributed by atoms with Gasteiger partial charge in [0.2, 0.25) is 0 Å². The highest BCUT2D eigenvalue weighted by atomic mass is 32.2. The van der Waals surface area contributed by atoms with Gasteiger partial charge in [-0.1, -0.05) is 6.92 Å². The third kappa shape index (κ3) is 4.12. The Hall–Kier alpha value is -0.0500. The molecule has 1 aliphatic rings.